The molecule has 4 nitrogen and oxygen atoms in total. The van der Waals surface area contributed by atoms with Crippen LogP contribution in [0, 0.1) is 4.77 Å². The van der Waals surface area contributed by atoms with E-state index in [1.807, 2.05) is 31.5 Å². The molecule has 0 radical (unpaired) electrons. The number of H-pyrrole nitrogens is 1. The Kier molecular flexibility index (Phi) is 4.51. The van der Waals surface area contributed by atoms with Crippen molar-refractivity contribution in [2.75, 3.05) is 0 Å². The molecule has 5 heteroatoms. The number of imidazole rings is 1. The van der Waals surface area contributed by atoms with E-state index < -0.39 is 0 Å². The highest BCUT2D eigenvalue weighted by Crippen LogP contribution is 2.19. The van der Waals surface area contributed by atoms with Crippen LogP contribution in [0.5, 0.6) is 0 Å². The van der Waals surface area contributed by atoms with E-state index >= 15 is 0 Å². The second-order valence-electron chi connectivity index (χ2n) is 4.88. The molecule has 1 aromatic rings. The Morgan fingerprint density at radius 1 is 1.35 bits per heavy atom. The lowest BCUT2D eigenvalue weighted by Gasteiger charge is -2.19. The fourth-order valence-electron chi connectivity index (χ4n) is 1.76. The third-order valence-electron chi connectivity index (χ3n) is 2.63. The number of nitrogens with zero attached hydrogens (tertiary/aromatic N) is 1. The van der Waals surface area contributed by atoms with Gasteiger partial charge in [-0.05, 0) is 38.9 Å². The molecule has 0 bridgehead atoms. The molecule has 0 fully saturated rings. The van der Waals surface area contributed by atoms with Crippen molar-refractivity contribution in [3.05, 3.63) is 16.7 Å². The number of nitrogens with one attached hydrogen (secondary N) is 2. The van der Waals surface area contributed by atoms with Gasteiger partial charge in [0, 0.05) is 17.9 Å². The molecule has 0 saturated carbocycles. The maximum absolute atomic E-state index is 12.0. The van der Waals surface area contributed by atoms with Gasteiger partial charge in [-0.3, -0.25) is 4.79 Å². The van der Waals surface area contributed by atoms with Crippen LogP contribution < -0.4 is 5.32 Å². The van der Waals surface area contributed by atoms with Crippen LogP contribution in [0.4, 0.5) is 0 Å². The molecule has 0 saturated heterocycles. The van der Waals surface area contributed by atoms with E-state index in [9.17, 15) is 4.79 Å². The summed E-state index contributed by atoms with van der Waals surface area (Å²) >= 11 is 5.23. The van der Waals surface area contributed by atoms with E-state index in [1.165, 1.54) is 0 Å². The zero-order valence-corrected chi connectivity index (χ0v) is 11.9. The van der Waals surface area contributed by atoms with Crippen LogP contribution >= 0.6 is 12.2 Å². The number of carbonyl (C=O) groups excluding carboxylic acids is 1. The number of aromatic amines is 1. The van der Waals surface area contributed by atoms with Crippen molar-refractivity contribution in [3.8, 4) is 0 Å². The lowest BCUT2D eigenvalue weighted by molar-refractivity contribution is -0.124. The van der Waals surface area contributed by atoms with Crippen molar-refractivity contribution >= 4 is 18.1 Å². The van der Waals surface area contributed by atoms with Gasteiger partial charge in [0.15, 0.2) is 4.77 Å². The van der Waals surface area contributed by atoms with E-state index in [4.69, 9.17) is 12.2 Å². The van der Waals surface area contributed by atoms with Gasteiger partial charge < -0.3 is 14.9 Å². The molecule has 1 amide bonds. The second kappa shape index (κ2) is 5.49. The fourth-order valence-corrected chi connectivity index (χ4v) is 2.08. The maximum Gasteiger partial charge on any atom is 0.243 e. The first kappa shape index (κ1) is 14.0. The third kappa shape index (κ3) is 3.19. The second-order valence-corrected chi connectivity index (χ2v) is 5.27. The van der Waals surface area contributed by atoms with E-state index in [0.29, 0.717) is 10.7 Å². The Morgan fingerprint density at radius 2 is 1.94 bits per heavy atom. The summed E-state index contributed by atoms with van der Waals surface area (Å²) in [5, 5.41) is 2.90. The zero-order chi connectivity index (χ0) is 13.2. The van der Waals surface area contributed by atoms with Crippen LogP contribution in [0.15, 0.2) is 6.20 Å². The van der Waals surface area contributed by atoms with E-state index in [1.54, 1.807) is 0 Å². The van der Waals surface area contributed by atoms with E-state index in [2.05, 4.69) is 24.1 Å². The van der Waals surface area contributed by atoms with Crippen LogP contribution in [0.3, 0.4) is 0 Å². The van der Waals surface area contributed by atoms with Crippen LogP contribution in [0.2, 0.25) is 0 Å². The molecular formula is C12H21N3OS. The summed E-state index contributed by atoms with van der Waals surface area (Å²) in [6.45, 7) is 9.94. The van der Waals surface area contributed by atoms with Crippen LogP contribution in [-0.4, -0.2) is 21.5 Å². The third-order valence-corrected chi connectivity index (χ3v) is 2.94. The number of rotatable bonds is 4. The van der Waals surface area contributed by atoms with Crippen LogP contribution in [0.1, 0.15) is 52.3 Å². The average molecular weight is 255 g/mol. The molecule has 1 atom stereocenters. The summed E-state index contributed by atoms with van der Waals surface area (Å²) in [6.07, 6.45) is 1.88. The minimum Gasteiger partial charge on any atom is -0.352 e. The predicted octanol–water partition coefficient (Wildman–Crippen LogP) is 2.75. The summed E-state index contributed by atoms with van der Waals surface area (Å²) < 4.78 is 2.48. The minimum absolute atomic E-state index is 0.00222. The molecule has 1 aromatic heterocycles. The number of amides is 1. The number of hydrogen-bond donors (Lipinski definition) is 2. The zero-order valence-electron chi connectivity index (χ0n) is 11.1. The monoisotopic (exact) mass is 255 g/mol. The Morgan fingerprint density at radius 3 is 2.41 bits per heavy atom. The SMILES string of the molecule is CC(C)NC(=O)C(C)n1c(C(C)C)c[nH]c1=S. The number of aromatic nitrogens is 2. The van der Waals surface area contributed by atoms with Crippen molar-refractivity contribution in [3.63, 3.8) is 0 Å². The standard InChI is InChI=1S/C12H21N3OS/c1-7(2)10-6-13-12(17)15(10)9(5)11(16)14-8(3)4/h6-9H,1-5H3,(H,13,17)(H,14,16). The van der Waals surface area contributed by atoms with Crippen molar-refractivity contribution in [2.24, 2.45) is 0 Å². The van der Waals surface area contributed by atoms with Crippen LogP contribution in [0.25, 0.3) is 0 Å². The Hall–Kier alpha value is -1.10. The highest BCUT2D eigenvalue weighted by atomic mass is 32.1. The van der Waals surface area contributed by atoms with Gasteiger partial charge in [-0.15, -0.1) is 0 Å². The first-order valence-corrected chi connectivity index (χ1v) is 6.35. The number of carbonyl (C=O) groups is 1. The summed E-state index contributed by atoms with van der Waals surface area (Å²) in [6, 6.07) is -0.144. The molecule has 17 heavy (non-hydrogen) atoms. The molecule has 0 aliphatic heterocycles. The average Bonchev–Trinajstić information content (AvgIpc) is 2.58. The van der Waals surface area contributed by atoms with Gasteiger partial charge >= 0.3 is 0 Å². The largest absolute Gasteiger partial charge is 0.352 e. The Labute approximate surface area is 107 Å². The predicted molar refractivity (Wildman–Crippen MR) is 71.7 cm³/mol. The highest BCUT2D eigenvalue weighted by Gasteiger charge is 2.20. The first-order chi connectivity index (χ1) is 7.84. The molecule has 0 aromatic carbocycles. The number of hydrogen-bond acceptors (Lipinski definition) is 2. The first-order valence-electron chi connectivity index (χ1n) is 5.94. The molecule has 0 aliphatic carbocycles. The minimum atomic E-state index is -0.284. The summed E-state index contributed by atoms with van der Waals surface area (Å²) in [5.74, 6) is 0.329. The highest BCUT2D eigenvalue weighted by molar-refractivity contribution is 7.71. The molecule has 96 valence electrons. The van der Waals surface area contributed by atoms with Crippen LogP contribution in [-0.2, 0) is 4.79 Å². The van der Waals surface area contributed by atoms with Gasteiger partial charge in [-0.1, -0.05) is 13.8 Å². The summed E-state index contributed by atoms with van der Waals surface area (Å²) in [5.41, 5.74) is 1.06. The normalized spacial score (nSPS) is 13.1. The molecule has 1 unspecified atom stereocenters. The molecule has 0 aliphatic rings. The van der Waals surface area contributed by atoms with Gasteiger partial charge in [-0.25, -0.2) is 0 Å². The molecule has 1 rings (SSSR count). The van der Waals surface area contributed by atoms with E-state index in [-0.39, 0.29) is 18.0 Å². The van der Waals surface area contributed by atoms with Gasteiger partial charge in [-0.2, -0.15) is 0 Å². The Bertz CT molecular complexity index is 445. The van der Waals surface area contributed by atoms with Gasteiger partial charge in [0.05, 0.1) is 0 Å². The van der Waals surface area contributed by atoms with Crippen molar-refractivity contribution in [2.45, 2.75) is 52.6 Å². The van der Waals surface area contributed by atoms with Crippen molar-refractivity contribution < 1.29 is 4.79 Å². The Balaban J connectivity index is 3.03. The molecule has 0 spiro atoms. The van der Waals surface area contributed by atoms with Crippen molar-refractivity contribution in [1.29, 1.82) is 0 Å². The van der Waals surface area contributed by atoms with E-state index in [0.717, 1.165) is 5.69 Å². The molecular weight excluding hydrogens is 234 g/mol. The smallest absolute Gasteiger partial charge is 0.243 e. The lowest BCUT2D eigenvalue weighted by Crippen LogP contribution is -2.36. The maximum atomic E-state index is 12.0. The quantitative estimate of drug-likeness (QED) is 0.813. The van der Waals surface area contributed by atoms with Gasteiger partial charge in [0.2, 0.25) is 5.91 Å². The van der Waals surface area contributed by atoms with Crippen molar-refractivity contribution in [1.82, 2.24) is 14.9 Å². The molecule has 1 heterocycles. The fraction of sp³-hybridized carbons (Fsp3) is 0.667. The van der Waals surface area contributed by atoms with Gasteiger partial charge in [0.1, 0.15) is 6.04 Å². The summed E-state index contributed by atoms with van der Waals surface area (Å²) in [7, 11) is 0. The topological polar surface area (TPSA) is 49.8 Å². The summed E-state index contributed by atoms with van der Waals surface area (Å²) in [4.78, 5) is 15.0. The van der Waals surface area contributed by atoms with Gasteiger partial charge in [0.25, 0.3) is 0 Å². The lowest BCUT2D eigenvalue weighted by atomic mass is 10.1. The molecule has 2 N–H and O–H groups in total.